The van der Waals surface area contributed by atoms with Gasteiger partial charge in [-0.1, -0.05) is 12.1 Å². The van der Waals surface area contributed by atoms with Gasteiger partial charge in [-0.15, -0.1) is 0 Å². The van der Waals surface area contributed by atoms with Gasteiger partial charge in [-0.3, -0.25) is 9.59 Å². The number of nitrogens with zero attached hydrogens (tertiary/aromatic N) is 1. The molecule has 0 bridgehead atoms. The van der Waals surface area contributed by atoms with Crippen molar-refractivity contribution < 1.29 is 14.3 Å². The lowest BCUT2D eigenvalue weighted by Gasteiger charge is -2.18. The zero-order valence-corrected chi connectivity index (χ0v) is 11.6. The molecule has 0 heterocycles. The second kappa shape index (κ2) is 7.41. The molecule has 1 rings (SSSR count). The number of hydrogen-bond donors (Lipinski definition) is 1. The Morgan fingerprint density at radius 2 is 2.00 bits per heavy atom. The van der Waals surface area contributed by atoms with Crippen LogP contribution >= 0.6 is 0 Å². The number of benzene rings is 1. The maximum Gasteiger partial charge on any atom is 0.307 e. The van der Waals surface area contributed by atoms with Gasteiger partial charge in [0.05, 0.1) is 18.6 Å². The van der Waals surface area contributed by atoms with Crippen LogP contribution in [0, 0.1) is 0 Å². The van der Waals surface area contributed by atoms with Crippen molar-refractivity contribution in [2.24, 2.45) is 0 Å². The molecule has 0 aliphatic heterocycles. The number of carbonyl (C=O) groups excluding carboxylic acids is 2. The molecule has 1 aromatic carbocycles. The molecule has 0 spiro atoms. The van der Waals surface area contributed by atoms with Gasteiger partial charge in [-0.05, 0) is 19.1 Å². The normalized spacial score (nSPS) is 9.84. The van der Waals surface area contributed by atoms with Gasteiger partial charge in [0.2, 0.25) is 0 Å². The lowest BCUT2D eigenvalue weighted by Crippen LogP contribution is -2.30. The van der Waals surface area contributed by atoms with Gasteiger partial charge in [0.25, 0.3) is 5.91 Å². The summed E-state index contributed by atoms with van der Waals surface area (Å²) < 4.78 is 4.83. The van der Waals surface area contributed by atoms with Crippen LogP contribution in [0.1, 0.15) is 23.7 Å². The summed E-state index contributed by atoms with van der Waals surface area (Å²) in [5.41, 5.74) is 1.37. The number of para-hydroxylation sites is 1. The van der Waals surface area contributed by atoms with E-state index in [1.807, 2.05) is 18.2 Å². The number of amides is 1. The van der Waals surface area contributed by atoms with E-state index < -0.39 is 0 Å². The van der Waals surface area contributed by atoms with E-state index in [1.165, 1.54) is 4.90 Å². The Morgan fingerprint density at radius 3 is 2.63 bits per heavy atom. The molecule has 5 heteroatoms. The highest BCUT2D eigenvalue weighted by Crippen LogP contribution is 2.16. The molecule has 0 aliphatic carbocycles. The first-order valence-corrected chi connectivity index (χ1v) is 6.28. The van der Waals surface area contributed by atoms with E-state index in [4.69, 9.17) is 4.74 Å². The predicted molar refractivity (Wildman–Crippen MR) is 74.2 cm³/mol. The van der Waals surface area contributed by atoms with Gasteiger partial charge in [-0.2, -0.15) is 0 Å². The van der Waals surface area contributed by atoms with Crippen LogP contribution in [-0.4, -0.2) is 44.0 Å². The largest absolute Gasteiger partial charge is 0.466 e. The lowest BCUT2D eigenvalue weighted by molar-refractivity contribution is -0.143. The molecule has 5 nitrogen and oxygen atoms in total. The van der Waals surface area contributed by atoms with Crippen molar-refractivity contribution in [2.75, 3.05) is 32.6 Å². The summed E-state index contributed by atoms with van der Waals surface area (Å²) in [5, 5.41) is 2.98. The molecular weight excluding hydrogens is 244 g/mol. The quantitative estimate of drug-likeness (QED) is 0.795. The molecule has 0 aliphatic rings. The summed E-state index contributed by atoms with van der Waals surface area (Å²) in [6.45, 7) is 2.46. The number of esters is 1. The Hall–Kier alpha value is -2.04. The second-order valence-corrected chi connectivity index (χ2v) is 4.08. The van der Waals surface area contributed by atoms with E-state index in [0.717, 1.165) is 5.69 Å². The van der Waals surface area contributed by atoms with Gasteiger partial charge in [0.1, 0.15) is 0 Å². The number of carbonyl (C=O) groups is 2. The van der Waals surface area contributed by atoms with Crippen LogP contribution in [0.5, 0.6) is 0 Å². The van der Waals surface area contributed by atoms with E-state index in [2.05, 4.69) is 5.32 Å². The SMILES string of the molecule is CCOC(=O)CCN(C)C(=O)c1ccccc1NC. The van der Waals surface area contributed by atoms with Crippen LogP contribution in [0.3, 0.4) is 0 Å². The minimum absolute atomic E-state index is 0.116. The van der Waals surface area contributed by atoms with Crippen LogP contribution in [0.15, 0.2) is 24.3 Å². The second-order valence-electron chi connectivity index (χ2n) is 4.08. The van der Waals surface area contributed by atoms with Crippen LogP contribution in [0.25, 0.3) is 0 Å². The highest BCUT2D eigenvalue weighted by Gasteiger charge is 2.15. The molecule has 104 valence electrons. The minimum Gasteiger partial charge on any atom is -0.466 e. The van der Waals surface area contributed by atoms with Gasteiger partial charge in [0.15, 0.2) is 0 Å². The van der Waals surface area contributed by atoms with E-state index in [9.17, 15) is 9.59 Å². The third-order valence-corrected chi connectivity index (χ3v) is 2.73. The molecule has 0 unspecified atom stereocenters. The fraction of sp³-hybridized carbons (Fsp3) is 0.429. The number of hydrogen-bond acceptors (Lipinski definition) is 4. The first-order valence-electron chi connectivity index (χ1n) is 6.28. The topological polar surface area (TPSA) is 58.6 Å². The van der Waals surface area contributed by atoms with E-state index in [1.54, 1.807) is 27.1 Å². The van der Waals surface area contributed by atoms with Crippen LogP contribution in [0.2, 0.25) is 0 Å². The Balaban J connectivity index is 2.64. The maximum absolute atomic E-state index is 12.2. The Labute approximate surface area is 113 Å². The van der Waals surface area contributed by atoms with E-state index in [0.29, 0.717) is 18.7 Å². The molecule has 1 aromatic rings. The molecule has 0 saturated heterocycles. The molecule has 0 atom stereocenters. The summed E-state index contributed by atoms with van der Waals surface area (Å²) in [6.07, 6.45) is 0.206. The zero-order valence-electron chi connectivity index (χ0n) is 11.6. The van der Waals surface area contributed by atoms with Crippen LogP contribution in [-0.2, 0) is 9.53 Å². The Kier molecular flexibility index (Phi) is 5.85. The molecule has 19 heavy (non-hydrogen) atoms. The van der Waals surface area contributed by atoms with Crippen molar-refractivity contribution in [2.45, 2.75) is 13.3 Å². The fourth-order valence-corrected chi connectivity index (χ4v) is 1.69. The average Bonchev–Trinajstić information content (AvgIpc) is 2.44. The molecule has 0 saturated carbocycles. The average molecular weight is 264 g/mol. The zero-order chi connectivity index (χ0) is 14.3. The van der Waals surface area contributed by atoms with Crippen LogP contribution in [0.4, 0.5) is 5.69 Å². The molecular formula is C14H20N2O3. The first-order chi connectivity index (χ1) is 9.10. The summed E-state index contributed by atoms with van der Waals surface area (Å²) in [4.78, 5) is 25.0. The molecule has 0 fully saturated rings. The third kappa shape index (κ3) is 4.28. The van der Waals surface area contributed by atoms with Crippen LogP contribution < -0.4 is 5.32 Å². The van der Waals surface area contributed by atoms with Gasteiger partial charge >= 0.3 is 5.97 Å². The summed E-state index contributed by atoms with van der Waals surface area (Å²) in [6, 6.07) is 7.27. The van der Waals surface area contributed by atoms with Gasteiger partial charge < -0.3 is 15.0 Å². The molecule has 0 aromatic heterocycles. The standard InChI is InChI=1S/C14H20N2O3/c1-4-19-13(17)9-10-16(3)14(18)11-7-5-6-8-12(11)15-2/h5-8,15H,4,9-10H2,1-3H3. The van der Waals surface area contributed by atoms with Gasteiger partial charge in [0, 0.05) is 26.3 Å². The van der Waals surface area contributed by atoms with Crippen molar-refractivity contribution in [3.63, 3.8) is 0 Å². The number of anilines is 1. The summed E-state index contributed by atoms with van der Waals surface area (Å²) >= 11 is 0. The van der Waals surface area contributed by atoms with Crippen molar-refractivity contribution in [3.05, 3.63) is 29.8 Å². The van der Waals surface area contributed by atoms with Crippen molar-refractivity contribution in [1.29, 1.82) is 0 Å². The highest BCUT2D eigenvalue weighted by atomic mass is 16.5. The monoisotopic (exact) mass is 264 g/mol. The minimum atomic E-state index is -0.288. The number of rotatable bonds is 6. The van der Waals surface area contributed by atoms with Crippen molar-refractivity contribution in [1.82, 2.24) is 4.90 Å². The molecule has 1 amide bonds. The number of nitrogens with one attached hydrogen (secondary N) is 1. The van der Waals surface area contributed by atoms with Gasteiger partial charge in [-0.25, -0.2) is 0 Å². The lowest BCUT2D eigenvalue weighted by atomic mass is 10.1. The molecule has 1 N–H and O–H groups in total. The van der Waals surface area contributed by atoms with E-state index in [-0.39, 0.29) is 18.3 Å². The Morgan fingerprint density at radius 1 is 1.32 bits per heavy atom. The first kappa shape index (κ1) is 15.0. The maximum atomic E-state index is 12.2. The highest BCUT2D eigenvalue weighted by molar-refractivity contribution is 5.99. The van der Waals surface area contributed by atoms with Crippen molar-refractivity contribution >= 4 is 17.6 Å². The summed E-state index contributed by atoms with van der Waals surface area (Å²) in [7, 11) is 3.44. The predicted octanol–water partition coefficient (Wildman–Crippen LogP) is 1.75. The summed E-state index contributed by atoms with van der Waals surface area (Å²) in [5.74, 6) is -0.404. The number of ether oxygens (including phenoxy) is 1. The van der Waals surface area contributed by atoms with E-state index >= 15 is 0 Å². The Bertz CT molecular complexity index is 446. The van der Waals surface area contributed by atoms with Crippen molar-refractivity contribution in [3.8, 4) is 0 Å². The third-order valence-electron chi connectivity index (χ3n) is 2.73. The smallest absolute Gasteiger partial charge is 0.307 e. The molecule has 0 radical (unpaired) electrons. The fourth-order valence-electron chi connectivity index (χ4n) is 1.69.